The van der Waals surface area contributed by atoms with Crippen LogP contribution in [0.15, 0.2) is 12.1 Å². The van der Waals surface area contributed by atoms with Crippen LogP contribution >= 0.6 is 23.2 Å². The van der Waals surface area contributed by atoms with E-state index in [2.05, 4.69) is 0 Å². The molecule has 1 aromatic carbocycles. The van der Waals surface area contributed by atoms with Crippen molar-refractivity contribution in [1.82, 2.24) is 0 Å². The first-order valence-electron chi connectivity index (χ1n) is 6.25. The molecule has 0 radical (unpaired) electrons. The highest BCUT2D eigenvalue weighted by Gasteiger charge is 2.41. The van der Waals surface area contributed by atoms with E-state index in [4.69, 9.17) is 37.4 Å². The third-order valence-electron chi connectivity index (χ3n) is 3.16. The standard InChI is InChI=1S/C13H14Cl2O7/c1-20-10-6(15)3-2-5(14)8(10)12(18)22-11-9(17)7(16)4-21-13(11)19/h2-3,7,9,11,13,16-17,19H,4H2,1H3. The molecule has 0 aliphatic carbocycles. The van der Waals surface area contributed by atoms with Crippen molar-refractivity contribution >= 4 is 29.2 Å². The number of rotatable bonds is 3. The number of halogens is 2. The predicted molar refractivity (Wildman–Crippen MR) is 76.2 cm³/mol. The molecule has 1 aliphatic heterocycles. The van der Waals surface area contributed by atoms with Crippen LogP contribution < -0.4 is 4.74 Å². The third-order valence-corrected chi connectivity index (χ3v) is 3.77. The first-order chi connectivity index (χ1) is 10.4. The molecule has 2 rings (SSSR count). The van der Waals surface area contributed by atoms with E-state index in [1.807, 2.05) is 0 Å². The van der Waals surface area contributed by atoms with Crippen LogP contribution in [0.5, 0.6) is 5.75 Å². The Morgan fingerprint density at radius 2 is 1.91 bits per heavy atom. The summed E-state index contributed by atoms with van der Waals surface area (Å²) in [5.41, 5.74) is -0.156. The SMILES string of the molecule is COc1c(Cl)ccc(Cl)c1C(=O)OC1C(O)OCC(O)C1O. The summed E-state index contributed by atoms with van der Waals surface area (Å²) in [6, 6.07) is 2.82. The van der Waals surface area contributed by atoms with Gasteiger partial charge in [-0.05, 0) is 12.1 Å². The summed E-state index contributed by atoms with van der Waals surface area (Å²) in [5, 5.41) is 29.1. The van der Waals surface area contributed by atoms with E-state index in [-0.39, 0.29) is 28.0 Å². The Hall–Kier alpha value is -1.09. The summed E-state index contributed by atoms with van der Waals surface area (Å²) in [6.07, 6.45) is -5.85. The number of carbonyl (C=O) groups excluding carboxylic acids is 1. The van der Waals surface area contributed by atoms with Crippen LogP contribution in [0, 0.1) is 0 Å². The van der Waals surface area contributed by atoms with E-state index in [1.54, 1.807) is 0 Å². The highest BCUT2D eigenvalue weighted by atomic mass is 35.5. The Morgan fingerprint density at radius 1 is 1.27 bits per heavy atom. The van der Waals surface area contributed by atoms with Gasteiger partial charge in [0.05, 0.1) is 23.8 Å². The van der Waals surface area contributed by atoms with E-state index >= 15 is 0 Å². The fourth-order valence-electron chi connectivity index (χ4n) is 2.01. The van der Waals surface area contributed by atoms with Gasteiger partial charge in [-0.25, -0.2) is 4.79 Å². The number of aliphatic hydroxyl groups is 3. The van der Waals surface area contributed by atoms with Crippen molar-refractivity contribution in [3.05, 3.63) is 27.7 Å². The molecule has 22 heavy (non-hydrogen) atoms. The lowest BCUT2D eigenvalue weighted by molar-refractivity contribution is -0.251. The minimum absolute atomic E-state index is 0.000391. The summed E-state index contributed by atoms with van der Waals surface area (Å²) >= 11 is 11.9. The number of carbonyl (C=O) groups is 1. The van der Waals surface area contributed by atoms with Gasteiger partial charge in [-0.2, -0.15) is 0 Å². The number of aliphatic hydroxyl groups excluding tert-OH is 3. The van der Waals surface area contributed by atoms with E-state index in [9.17, 15) is 20.1 Å². The number of methoxy groups -OCH3 is 1. The molecule has 1 saturated heterocycles. The number of hydrogen-bond acceptors (Lipinski definition) is 7. The predicted octanol–water partition coefficient (Wildman–Crippen LogP) is 0.598. The second-order valence-electron chi connectivity index (χ2n) is 4.59. The normalized spacial score (nSPS) is 28.3. The monoisotopic (exact) mass is 352 g/mol. The lowest BCUT2D eigenvalue weighted by atomic mass is 10.1. The van der Waals surface area contributed by atoms with Crippen LogP contribution in [0.2, 0.25) is 10.0 Å². The Kier molecular flexibility index (Phi) is 5.49. The lowest BCUT2D eigenvalue weighted by Gasteiger charge is -2.34. The number of esters is 1. The fraction of sp³-hybridized carbons (Fsp3) is 0.462. The largest absolute Gasteiger partial charge is 0.494 e. The Labute approximate surface area is 135 Å². The summed E-state index contributed by atoms with van der Waals surface area (Å²) in [6.45, 7) is -0.280. The van der Waals surface area contributed by atoms with Gasteiger partial charge in [0.25, 0.3) is 0 Å². The Balaban J connectivity index is 2.27. The average molecular weight is 353 g/mol. The number of benzene rings is 1. The van der Waals surface area contributed by atoms with Crippen molar-refractivity contribution in [1.29, 1.82) is 0 Å². The maximum Gasteiger partial charge on any atom is 0.344 e. The van der Waals surface area contributed by atoms with Crippen molar-refractivity contribution < 1.29 is 34.3 Å². The number of hydrogen-bond donors (Lipinski definition) is 3. The molecule has 1 heterocycles. The zero-order valence-corrected chi connectivity index (χ0v) is 12.9. The van der Waals surface area contributed by atoms with Gasteiger partial charge in [-0.15, -0.1) is 0 Å². The molecule has 3 N–H and O–H groups in total. The second-order valence-corrected chi connectivity index (χ2v) is 5.40. The Morgan fingerprint density at radius 3 is 2.55 bits per heavy atom. The maximum absolute atomic E-state index is 12.3. The zero-order chi connectivity index (χ0) is 16.4. The molecule has 4 unspecified atom stereocenters. The van der Waals surface area contributed by atoms with Gasteiger partial charge in [0.1, 0.15) is 17.8 Å². The van der Waals surface area contributed by atoms with Crippen molar-refractivity contribution in [2.75, 3.05) is 13.7 Å². The summed E-state index contributed by atoms with van der Waals surface area (Å²) in [7, 11) is 1.30. The maximum atomic E-state index is 12.3. The molecule has 0 saturated carbocycles. The van der Waals surface area contributed by atoms with Crippen molar-refractivity contribution in [2.24, 2.45) is 0 Å². The Bertz CT molecular complexity index is 566. The molecular weight excluding hydrogens is 339 g/mol. The van der Waals surface area contributed by atoms with Gasteiger partial charge >= 0.3 is 5.97 Å². The molecule has 9 heteroatoms. The molecule has 0 spiro atoms. The second kappa shape index (κ2) is 6.99. The van der Waals surface area contributed by atoms with E-state index in [1.165, 1.54) is 19.2 Å². The molecular formula is C13H14Cl2O7. The van der Waals surface area contributed by atoms with Gasteiger partial charge in [0, 0.05) is 0 Å². The molecule has 1 aromatic rings. The van der Waals surface area contributed by atoms with E-state index in [0.717, 1.165) is 0 Å². The van der Waals surface area contributed by atoms with Crippen molar-refractivity contribution in [3.63, 3.8) is 0 Å². The molecule has 1 fully saturated rings. The number of ether oxygens (including phenoxy) is 3. The molecule has 0 aromatic heterocycles. The lowest BCUT2D eigenvalue weighted by Crippen LogP contribution is -2.54. The first-order valence-corrected chi connectivity index (χ1v) is 7.01. The smallest absolute Gasteiger partial charge is 0.344 e. The van der Waals surface area contributed by atoms with Gasteiger partial charge in [0.2, 0.25) is 0 Å². The molecule has 4 atom stereocenters. The van der Waals surface area contributed by atoms with Gasteiger partial charge < -0.3 is 29.5 Å². The zero-order valence-electron chi connectivity index (χ0n) is 11.4. The average Bonchev–Trinajstić information content (AvgIpc) is 2.49. The fourth-order valence-corrected chi connectivity index (χ4v) is 2.47. The highest BCUT2D eigenvalue weighted by molar-refractivity contribution is 6.37. The van der Waals surface area contributed by atoms with Crippen LogP contribution in [-0.4, -0.2) is 59.6 Å². The van der Waals surface area contributed by atoms with E-state index < -0.39 is 30.6 Å². The van der Waals surface area contributed by atoms with Gasteiger partial charge in [0.15, 0.2) is 18.1 Å². The van der Waals surface area contributed by atoms with Gasteiger partial charge in [-0.1, -0.05) is 23.2 Å². The van der Waals surface area contributed by atoms with Gasteiger partial charge in [-0.3, -0.25) is 0 Å². The van der Waals surface area contributed by atoms with Crippen LogP contribution in [0.3, 0.4) is 0 Å². The quantitative estimate of drug-likeness (QED) is 0.684. The summed E-state index contributed by atoms with van der Waals surface area (Å²) in [4.78, 5) is 12.3. The molecule has 0 amide bonds. The molecule has 0 bridgehead atoms. The minimum atomic E-state index is -1.58. The molecule has 122 valence electrons. The first kappa shape index (κ1) is 17.3. The van der Waals surface area contributed by atoms with Crippen LogP contribution in [0.1, 0.15) is 10.4 Å². The van der Waals surface area contributed by atoms with Crippen LogP contribution in [-0.2, 0) is 9.47 Å². The van der Waals surface area contributed by atoms with E-state index in [0.29, 0.717) is 0 Å². The molecule has 1 aliphatic rings. The summed E-state index contributed by atoms with van der Waals surface area (Å²) < 4.78 is 14.8. The topological polar surface area (TPSA) is 105 Å². The summed E-state index contributed by atoms with van der Waals surface area (Å²) in [5.74, 6) is -0.981. The van der Waals surface area contributed by atoms with Crippen molar-refractivity contribution in [2.45, 2.75) is 24.6 Å². The van der Waals surface area contributed by atoms with Crippen LogP contribution in [0.25, 0.3) is 0 Å². The third kappa shape index (κ3) is 3.29. The molecule has 7 nitrogen and oxygen atoms in total. The van der Waals surface area contributed by atoms with Crippen molar-refractivity contribution in [3.8, 4) is 5.75 Å². The minimum Gasteiger partial charge on any atom is -0.494 e. The highest BCUT2D eigenvalue weighted by Crippen LogP contribution is 2.35. The van der Waals surface area contributed by atoms with Crippen LogP contribution in [0.4, 0.5) is 0 Å².